The van der Waals surface area contributed by atoms with Gasteiger partial charge in [0.05, 0.1) is 16.7 Å². The van der Waals surface area contributed by atoms with Gasteiger partial charge >= 0.3 is 0 Å². The molecule has 106 valence electrons. The van der Waals surface area contributed by atoms with Crippen LogP contribution in [0.5, 0.6) is 0 Å². The lowest BCUT2D eigenvalue weighted by Gasteiger charge is -2.15. The van der Waals surface area contributed by atoms with Gasteiger partial charge in [-0.2, -0.15) is 0 Å². The number of nitrogens with one attached hydrogen (secondary N) is 2. The molecule has 0 aliphatic carbocycles. The summed E-state index contributed by atoms with van der Waals surface area (Å²) in [7, 11) is 0.0140. The van der Waals surface area contributed by atoms with Crippen LogP contribution in [0.3, 0.4) is 0 Å². The Balaban J connectivity index is 3.48. The van der Waals surface area contributed by atoms with E-state index in [4.69, 9.17) is 0 Å². The maximum Gasteiger partial charge on any atom is 0.274 e. The number of hydrogen-bond acceptors (Lipinski definition) is 6. The van der Waals surface area contributed by atoms with Crippen molar-refractivity contribution in [2.24, 2.45) is 0 Å². The second-order valence-electron chi connectivity index (χ2n) is 3.80. The fourth-order valence-corrected chi connectivity index (χ4v) is 2.77. The van der Waals surface area contributed by atoms with Gasteiger partial charge in [-0.1, -0.05) is 0 Å². The van der Waals surface area contributed by atoms with Crippen LogP contribution in [0.25, 0.3) is 0 Å². The molecule has 2 N–H and O–H groups in total. The minimum absolute atomic E-state index is 0.193. The molecule has 0 aliphatic rings. The molecule has 0 aromatic heterocycles. The first-order chi connectivity index (χ1) is 8.69. The molecule has 0 saturated heterocycles. The fourth-order valence-electron chi connectivity index (χ4n) is 1.43. The summed E-state index contributed by atoms with van der Waals surface area (Å²) < 4.78 is 37.7. The lowest BCUT2D eigenvalue weighted by Crippen LogP contribution is -2.36. The Morgan fingerprint density at radius 3 is 2.37 bits per heavy atom. The summed E-state index contributed by atoms with van der Waals surface area (Å²) >= 11 is 0. The monoisotopic (exact) mass is 292 g/mol. The highest BCUT2D eigenvalue weighted by atomic mass is 32.2. The van der Waals surface area contributed by atoms with Gasteiger partial charge in [0.1, 0.15) is 4.90 Å². The Kier molecular flexibility index (Phi) is 4.39. The highest BCUT2D eigenvalue weighted by Gasteiger charge is 2.26. The van der Waals surface area contributed by atoms with Gasteiger partial charge in [0.2, 0.25) is 0 Å². The molecule has 0 heterocycles. The van der Waals surface area contributed by atoms with E-state index >= 15 is 0 Å². The summed E-state index contributed by atoms with van der Waals surface area (Å²) in [6.07, 6.45) is 0. The van der Waals surface area contributed by atoms with E-state index in [-0.39, 0.29) is 5.69 Å². The molecule has 0 radical (unpaired) electrons. The number of hydrazine groups is 1. The van der Waals surface area contributed by atoms with Crippen LogP contribution in [0.2, 0.25) is 0 Å². The zero-order valence-corrected chi connectivity index (χ0v) is 11.3. The number of anilines is 1. The molecular formula is C9H13FN4O4S. The van der Waals surface area contributed by atoms with Crippen molar-refractivity contribution in [2.45, 2.75) is 4.90 Å². The van der Waals surface area contributed by atoms with E-state index in [2.05, 4.69) is 10.1 Å². The third kappa shape index (κ3) is 3.36. The second kappa shape index (κ2) is 5.47. The smallest absolute Gasteiger partial charge is 0.274 e. The van der Waals surface area contributed by atoms with Crippen LogP contribution >= 0.6 is 0 Å². The predicted octanol–water partition coefficient (Wildman–Crippen LogP) is 0.530. The van der Waals surface area contributed by atoms with E-state index in [9.17, 15) is 22.9 Å². The van der Waals surface area contributed by atoms with E-state index in [0.717, 1.165) is 11.1 Å². The average Bonchev–Trinajstić information content (AvgIpc) is 2.25. The number of nitro benzene ring substituents is 1. The summed E-state index contributed by atoms with van der Waals surface area (Å²) in [5, 5.41) is 14.1. The quantitative estimate of drug-likeness (QED) is 0.606. The maximum atomic E-state index is 13.8. The number of nitro groups is 1. The van der Waals surface area contributed by atoms with Crippen molar-refractivity contribution in [1.29, 1.82) is 0 Å². The van der Waals surface area contributed by atoms with Gasteiger partial charge < -0.3 is 5.32 Å². The molecule has 8 nitrogen and oxygen atoms in total. The molecule has 0 bridgehead atoms. The number of nitrogens with zero attached hydrogens (tertiary/aromatic N) is 2. The molecule has 0 spiro atoms. The van der Waals surface area contributed by atoms with Crippen LogP contribution in [0.1, 0.15) is 0 Å². The molecule has 1 aromatic carbocycles. The molecule has 1 rings (SSSR count). The Hall–Kier alpha value is -1.78. The fraction of sp³-hybridized carbons (Fsp3) is 0.333. The molecule has 0 amide bonds. The van der Waals surface area contributed by atoms with Crippen molar-refractivity contribution >= 4 is 21.4 Å². The number of benzene rings is 1. The predicted molar refractivity (Wildman–Crippen MR) is 66.6 cm³/mol. The minimum atomic E-state index is -4.16. The van der Waals surface area contributed by atoms with Gasteiger partial charge in [-0.3, -0.25) is 10.1 Å². The van der Waals surface area contributed by atoms with E-state index in [1.165, 1.54) is 21.1 Å². The minimum Gasteiger partial charge on any atom is -0.387 e. The summed E-state index contributed by atoms with van der Waals surface area (Å²) in [5.41, 5.74) is -0.730. The van der Waals surface area contributed by atoms with Gasteiger partial charge in [-0.15, -0.1) is 4.83 Å². The van der Waals surface area contributed by atoms with Gasteiger partial charge in [0, 0.05) is 27.2 Å². The largest absolute Gasteiger partial charge is 0.387 e. The van der Waals surface area contributed by atoms with Gasteiger partial charge in [0.15, 0.2) is 5.82 Å². The zero-order chi connectivity index (χ0) is 14.8. The molecular weight excluding hydrogens is 279 g/mol. The third-order valence-corrected chi connectivity index (χ3v) is 3.64. The molecule has 0 atom stereocenters. The second-order valence-corrected chi connectivity index (χ2v) is 5.40. The Morgan fingerprint density at radius 2 is 1.95 bits per heavy atom. The first-order valence-corrected chi connectivity index (χ1v) is 6.53. The topological polar surface area (TPSA) is 105 Å². The number of sulfonamides is 1. The Labute approximate surface area is 109 Å². The van der Waals surface area contributed by atoms with Crippen LogP contribution in [-0.2, 0) is 10.0 Å². The first-order valence-electron chi connectivity index (χ1n) is 5.04. The molecule has 19 heavy (non-hydrogen) atoms. The molecule has 1 aromatic rings. The number of halogens is 1. The normalized spacial score (nSPS) is 11.6. The number of hydrogen-bond donors (Lipinski definition) is 2. The molecule has 0 aliphatic heterocycles. The van der Waals surface area contributed by atoms with Gasteiger partial charge in [-0.05, 0) is 0 Å². The molecule has 0 fully saturated rings. The summed E-state index contributed by atoms with van der Waals surface area (Å²) in [5.74, 6) is -1.20. The Bertz CT molecular complexity index is 602. The molecule has 0 saturated carbocycles. The third-order valence-electron chi connectivity index (χ3n) is 2.08. The van der Waals surface area contributed by atoms with Crippen LogP contribution < -0.4 is 10.1 Å². The van der Waals surface area contributed by atoms with Crippen molar-refractivity contribution < 1.29 is 17.7 Å². The van der Waals surface area contributed by atoms with Gasteiger partial charge in [0.25, 0.3) is 15.7 Å². The van der Waals surface area contributed by atoms with E-state index in [0.29, 0.717) is 6.07 Å². The van der Waals surface area contributed by atoms with Crippen molar-refractivity contribution in [2.75, 3.05) is 26.5 Å². The standard InChI is InChI=1S/C9H13FN4O4S/c1-11-8-5-6(14(15)16)4-7(10)9(8)19(17,18)12-13(2)3/h4-5,11-12H,1-3H3. The van der Waals surface area contributed by atoms with Crippen LogP contribution in [0, 0.1) is 15.9 Å². The van der Waals surface area contributed by atoms with Crippen molar-refractivity contribution in [3.63, 3.8) is 0 Å². The summed E-state index contributed by atoms with van der Waals surface area (Å²) in [4.78, 5) is 11.2. The van der Waals surface area contributed by atoms with Crippen LogP contribution in [-0.4, -0.2) is 39.5 Å². The highest BCUT2D eigenvalue weighted by Crippen LogP contribution is 2.29. The number of rotatable bonds is 5. The van der Waals surface area contributed by atoms with E-state index in [1.807, 2.05) is 0 Å². The SMILES string of the molecule is CNc1cc([N+](=O)[O-])cc(F)c1S(=O)(=O)NN(C)C. The van der Waals surface area contributed by atoms with Crippen molar-refractivity contribution in [3.05, 3.63) is 28.1 Å². The first kappa shape index (κ1) is 15.3. The van der Waals surface area contributed by atoms with Crippen molar-refractivity contribution in [3.8, 4) is 0 Å². The van der Waals surface area contributed by atoms with Gasteiger partial charge in [-0.25, -0.2) is 17.8 Å². The summed E-state index contributed by atoms with van der Waals surface area (Å²) in [6, 6.07) is 1.51. The van der Waals surface area contributed by atoms with E-state index in [1.54, 1.807) is 0 Å². The van der Waals surface area contributed by atoms with Crippen molar-refractivity contribution in [1.82, 2.24) is 9.84 Å². The average molecular weight is 292 g/mol. The summed E-state index contributed by atoms with van der Waals surface area (Å²) in [6.45, 7) is 0. The number of non-ortho nitro benzene ring substituents is 1. The lowest BCUT2D eigenvalue weighted by atomic mass is 10.2. The Morgan fingerprint density at radius 1 is 1.37 bits per heavy atom. The van der Waals surface area contributed by atoms with Crippen LogP contribution in [0.15, 0.2) is 17.0 Å². The highest BCUT2D eigenvalue weighted by molar-refractivity contribution is 7.89. The lowest BCUT2D eigenvalue weighted by molar-refractivity contribution is -0.385. The molecule has 0 unspecified atom stereocenters. The molecule has 10 heteroatoms. The van der Waals surface area contributed by atoms with Crippen LogP contribution in [0.4, 0.5) is 15.8 Å². The zero-order valence-electron chi connectivity index (χ0n) is 10.5. The van der Waals surface area contributed by atoms with E-state index < -0.39 is 31.3 Å². The maximum absolute atomic E-state index is 13.8.